The van der Waals surface area contributed by atoms with E-state index >= 15 is 0 Å². The number of amides is 1. The lowest BCUT2D eigenvalue weighted by Crippen LogP contribution is -2.18. The van der Waals surface area contributed by atoms with Crippen molar-refractivity contribution in [3.05, 3.63) is 23.8 Å². The van der Waals surface area contributed by atoms with Gasteiger partial charge in [0.2, 0.25) is 5.90 Å². The van der Waals surface area contributed by atoms with Crippen molar-refractivity contribution in [1.29, 1.82) is 0 Å². The fourth-order valence-corrected chi connectivity index (χ4v) is 2.38. The van der Waals surface area contributed by atoms with Gasteiger partial charge in [-0.3, -0.25) is 4.79 Å². The van der Waals surface area contributed by atoms with Gasteiger partial charge < -0.3 is 19.5 Å². The van der Waals surface area contributed by atoms with E-state index in [1.54, 1.807) is 25.3 Å². The molecule has 0 atom stereocenters. The first-order valence-electron chi connectivity index (χ1n) is 6.03. The maximum Gasteiger partial charge on any atom is 0.279 e. The van der Waals surface area contributed by atoms with Crippen molar-refractivity contribution in [3.63, 3.8) is 0 Å². The maximum absolute atomic E-state index is 11.4. The number of hydrogen-bond donors (Lipinski definition) is 1. The number of benzene rings is 1. The topological polar surface area (TPSA) is 81.5 Å². The quantitative estimate of drug-likeness (QED) is 0.514. The summed E-state index contributed by atoms with van der Waals surface area (Å²) in [7, 11) is 4.55. The summed E-state index contributed by atoms with van der Waals surface area (Å²) in [6.45, 7) is 0. The van der Waals surface area contributed by atoms with Gasteiger partial charge in [-0.2, -0.15) is 0 Å². The summed E-state index contributed by atoms with van der Waals surface area (Å²) in [5, 5.41) is 10.8. The molecule has 1 amide bonds. The Morgan fingerprint density at radius 2 is 2.10 bits per heavy atom. The number of methoxy groups -OCH3 is 3. The molecule has 1 aromatic rings. The number of carbonyl (C=O) groups excluding carboxylic acids is 1. The molecule has 1 aromatic carbocycles. The predicted molar refractivity (Wildman–Crippen MR) is 81.1 cm³/mol. The Morgan fingerprint density at radius 1 is 1.29 bits per heavy atom. The van der Waals surface area contributed by atoms with Gasteiger partial charge in [0, 0.05) is 0 Å². The van der Waals surface area contributed by atoms with E-state index in [9.17, 15) is 4.79 Å². The van der Waals surface area contributed by atoms with Crippen molar-refractivity contribution in [2.24, 2.45) is 10.2 Å². The molecule has 8 heteroatoms. The molecule has 1 aliphatic rings. The van der Waals surface area contributed by atoms with Crippen LogP contribution in [0.15, 0.2) is 28.4 Å². The first-order chi connectivity index (χ1) is 10.2. The third-order valence-electron chi connectivity index (χ3n) is 2.69. The van der Waals surface area contributed by atoms with Crippen molar-refractivity contribution in [1.82, 2.24) is 5.32 Å². The molecular formula is C13H15N3O4S. The Bertz CT molecular complexity index is 601. The molecular weight excluding hydrogens is 294 g/mol. The molecule has 0 aliphatic carbocycles. The lowest BCUT2D eigenvalue weighted by molar-refractivity contribution is -0.113. The van der Waals surface area contributed by atoms with E-state index in [4.69, 9.17) is 14.2 Å². The van der Waals surface area contributed by atoms with Crippen LogP contribution in [0.2, 0.25) is 0 Å². The Kier molecular flexibility index (Phi) is 5.04. The minimum Gasteiger partial charge on any atom is -0.493 e. The van der Waals surface area contributed by atoms with Crippen molar-refractivity contribution in [2.45, 2.75) is 0 Å². The smallest absolute Gasteiger partial charge is 0.279 e. The minimum atomic E-state index is -0.239. The van der Waals surface area contributed by atoms with E-state index in [1.165, 1.54) is 26.0 Å². The summed E-state index contributed by atoms with van der Waals surface area (Å²) in [4.78, 5) is 11.4. The molecule has 1 aliphatic heterocycles. The Labute approximate surface area is 126 Å². The van der Waals surface area contributed by atoms with Gasteiger partial charge in [0.1, 0.15) is 0 Å². The number of hydrogen-bond acceptors (Lipinski definition) is 7. The zero-order chi connectivity index (χ0) is 15.2. The van der Waals surface area contributed by atoms with Crippen LogP contribution in [0.1, 0.15) is 5.56 Å². The van der Waals surface area contributed by atoms with E-state index in [-0.39, 0.29) is 11.8 Å². The number of ether oxygens (including phenoxy) is 3. The number of carbonyl (C=O) groups is 1. The fourth-order valence-electron chi connectivity index (χ4n) is 1.74. The van der Waals surface area contributed by atoms with Gasteiger partial charge in [0.25, 0.3) is 5.91 Å². The molecule has 1 saturated heterocycles. The summed E-state index contributed by atoms with van der Waals surface area (Å²) in [6, 6.07) is 5.32. The maximum atomic E-state index is 11.4. The number of nitrogens with zero attached hydrogens (tertiary/aromatic N) is 2. The SMILES string of the molecule is COC(=NN=C1SCNC1=O)c1cccc(OC)c1OC. The summed E-state index contributed by atoms with van der Waals surface area (Å²) < 4.78 is 15.8. The number of thioether (sulfide) groups is 1. The van der Waals surface area contributed by atoms with E-state index < -0.39 is 0 Å². The highest BCUT2D eigenvalue weighted by Crippen LogP contribution is 2.31. The van der Waals surface area contributed by atoms with Gasteiger partial charge in [-0.15, -0.1) is 10.2 Å². The van der Waals surface area contributed by atoms with Crippen LogP contribution in [-0.2, 0) is 9.53 Å². The highest BCUT2D eigenvalue weighted by atomic mass is 32.2. The van der Waals surface area contributed by atoms with Crippen molar-refractivity contribution >= 4 is 28.6 Å². The van der Waals surface area contributed by atoms with Crippen LogP contribution in [0.25, 0.3) is 0 Å². The first kappa shape index (κ1) is 15.2. The second kappa shape index (κ2) is 6.98. The van der Waals surface area contributed by atoms with Crippen LogP contribution in [0.4, 0.5) is 0 Å². The molecule has 0 bridgehead atoms. The third-order valence-corrected chi connectivity index (χ3v) is 3.52. The largest absolute Gasteiger partial charge is 0.493 e. The third kappa shape index (κ3) is 3.27. The molecule has 0 radical (unpaired) electrons. The molecule has 2 rings (SSSR count). The summed E-state index contributed by atoms with van der Waals surface area (Å²) in [6.07, 6.45) is 0. The van der Waals surface area contributed by atoms with E-state index in [2.05, 4.69) is 15.5 Å². The summed E-state index contributed by atoms with van der Waals surface area (Å²) in [5.74, 6) is 1.54. The molecule has 0 unspecified atom stereocenters. The van der Waals surface area contributed by atoms with Crippen molar-refractivity contribution in [2.75, 3.05) is 27.2 Å². The van der Waals surface area contributed by atoms with Crippen LogP contribution in [-0.4, -0.2) is 44.1 Å². The van der Waals surface area contributed by atoms with Crippen LogP contribution in [0.5, 0.6) is 11.5 Å². The van der Waals surface area contributed by atoms with Crippen LogP contribution in [0, 0.1) is 0 Å². The molecule has 1 N–H and O–H groups in total. The zero-order valence-electron chi connectivity index (χ0n) is 11.9. The van der Waals surface area contributed by atoms with Crippen LogP contribution < -0.4 is 14.8 Å². The second-order valence-electron chi connectivity index (χ2n) is 3.85. The molecule has 7 nitrogen and oxygen atoms in total. The normalized spacial score (nSPS) is 16.8. The average molecular weight is 309 g/mol. The number of rotatable bonds is 4. The van der Waals surface area contributed by atoms with Gasteiger partial charge in [-0.1, -0.05) is 17.8 Å². The van der Waals surface area contributed by atoms with E-state index in [0.29, 0.717) is 28.0 Å². The first-order valence-corrected chi connectivity index (χ1v) is 7.01. The Balaban J connectivity index is 2.39. The van der Waals surface area contributed by atoms with Gasteiger partial charge in [0.15, 0.2) is 16.5 Å². The molecule has 0 aromatic heterocycles. The molecule has 112 valence electrons. The average Bonchev–Trinajstić information content (AvgIpc) is 2.92. The van der Waals surface area contributed by atoms with E-state index in [1.807, 2.05) is 0 Å². The fraction of sp³-hybridized carbons (Fsp3) is 0.308. The Hall–Kier alpha value is -2.22. The predicted octanol–water partition coefficient (Wildman–Crippen LogP) is 1.23. The lowest BCUT2D eigenvalue weighted by atomic mass is 10.2. The molecule has 1 fully saturated rings. The Morgan fingerprint density at radius 3 is 2.67 bits per heavy atom. The van der Waals surface area contributed by atoms with Gasteiger partial charge in [0.05, 0.1) is 32.8 Å². The van der Waals surface area contributed by atoms with Crippen molar-refractivity contribution < 1.29 is 19.0 Å². The minimum absolute atomic E-state index is 0.235. The van der Waals surface area contributed by atoms with E-state index in [0.717, 1.165) is 0 Å². The van der Waals surface area contributed by atoms with Crippen LogP contribution >= 0.6 is 11.8 Å². The van der Waals surface area contributed by atoms with Gasteiger partial charge in [-0.25, -0.2) is 0 Å². The summed E-state index contributed by atoms with van der Waals surface area (Å²) >= 11 is 1.29. The highest BCUT2D eigenvalue weighted by molar-refractivity contribution is 8.16. The second-order valence-corrected chi connectivity index (χ2v) is 4.81. The molecule has 0 saturated carbocycles. The van der Waals surface area contributed by atoms with Gasteiger partial charge in [-0.05, 0) is 12.1 Å². The molecule has 21 heavy (non-hydrogen) atoms. The highest BCUT2D eigenvalue weighted by Gasteiger charge is 2.20. The molecule has 0 spiro atoms. The summed E-state index contributed by atoms with van der Waals surface area (Å²) in [5.41, 5.74) is 0.590. The standard InChI is InChI=1S/C13H15N3O4S/c1-18-9-6-4-5-8(10(9)19-2)12(20-3)15-16-13-11(17)14-7-21-13/h4-6H,7H2,1-3H3,(H,14,17). The van der Waals surface area contributed by atoms with Crippen LogP contribution in [0.3, 0.4) is 0 Å². The number of para-hydroxylation sites is 1. The molecule has 1 heterocycles. The monoisotopic (exact) mass is 309 g/mol. The van der Waals surface area contributed by atoms with Gasteiger partial charge >= 0.3 is 0 Å². The van der Waals surface area contributed by atoms with Crippen molar-refractivity contribution in [3.8, 4) is 11.5 Å². The zero-order valence-corrected chi connectivity index (χ0v) is 12.7. The number of nitrogens with one attached hydrogen (secondary N) is 1. The lowest BCUT2D eigenvalue weighted by Gasteiger charge is -2.12.